The minimum atomic E-state index is 0.592. The molecule has 1 aliphatic rings. The third-order valence-electron chi connectivity index (χ3n) is 4.08. The van der Waals surface area contributed by atoms with Gasteiger partial charge in [0.1, 0.15) is 0 Å². The van der Waals surface area contributed by atoms with Crippen LogP contribution in [0, 0.1) is 5.92 Å². The quantitative estimate of drug-likeness (QED) is 0.859. The molecule has 2 rings (SSSR count). The summed E-state index contributed by atoms with van der Waals surface area (Å²) in [5.41, 5.74) is 2.86. The predicted molar refractivity (Wildman–Crippen MR) is 76.8 cm³/mol. The fourth-order valence-corrected chi connectivity index (χ4v) is 3.00. The van der Waals surface area contributed by atoms with Crippen molar-refractivity contribution < 1.29 is 0 Å². The lowest BCUT2D eigenvalue weighted by Gasteiger charge is -2.29. The molecule has 2 nitrogen and oxygen atoms in total. The Balaban J connectivity index is 1.97. The molecular formula is C16H26N2. The van der Waals surface area contributed by atoms with Crippen molar-refractivity contribution in [2.45, 2.75) is 58.4 Å². The van der Waals surface area contributed by atoms with Gasteiger partial charge in [0.05, 0.1) is 0 Å². The van der Waals surface area contributed by atoms with Crippen molar-refractivity contribution in [3.8, 4) is 0 Å². The summed E-state index contributed by atoms with van der Waals surface area (Å²) in [7, 11) is 0. The fourth-order valence-electron chi connectivity index (χ4n) is 3.00. The van der Waals surface area contributed by atoms with Gasteiger partial charge in [-0.2, -0.15) is 0 Å². The molecule has 18 heavy (non-hydrogen) atoms. The highest BCUT2D eigenvalue weighted by Crippen LogP contribution is 2.36. The lowest BCUT2D eigenvalue weighted by molar-refractivity contribution is 0.364. The highest BCUT2D eigenvalue weighted by Gasteiger charge is 2.25. The van der Waals surface area contributed by atoms with Crippen LogP contribution in [0.1, 0.15) is 57.2 Å². The first kappa shape index (κ1) is 13.5. The van der Waals surface area contributed by atoms with Crippen LogP contribution in [0.2, 0.25) is 0 Å². The Bertz CT molecular complexity index is 373. The van der Waals surface area contributed by atoms with Crippen LogP contribution >= 0.6 is 0 Å². The topological polar surface area (TPSA) is 24.9 Å². The van der Waals surface area contributed by atoms with Crippen LogP contribution in [-0.4, -0.2) is 17.6 Å². The summed E-state index contributed by atoms with van der Waals surface area (Å²) in [6.45, 7) is 7.93. The average Bonchev–Trinajstić information content (AvgIpc) is 2.37. The van der Waals surface area contributed by atoms with E-state index in [1.807, 2.05) is 6.20 Å². The van der Waals surface area contributed by atoms with E-state index in [-0.39, 0.29) is 0 Å². The SMILES string of the molecule is CC(C)NCCC(C)C1CCCc2cccnc21. The molecule has 2 atom stereocenters. The highest BCUT2D eigenvalue weighted by atomic mass is 14.9. The molecule has 0 bridgehead atoms. The lowest BCUT2D eigenvalue weighted by atomic mass is 9.78. The van der Waals surface area contributed by atoms with Gasteiger partial charge >= 0.3 is 0 Å². The zero-order valence-electron chi connectivity index (χ0n) is 11.9. The molecule has 0 amide bonds. The molecule has 1 aromatic rings. The van der Waals surface area contributed by atoms with Gasteiger partial charge in [-0.25, -0.2) is 0 Å². The van der Waals surface area contributed by atoms with Crippen LogP contribution in [0.25, 0.3) is 0 Å². The zero-order valence-corrected chi connectivity index (χ0v) is 11.9. The average molecular weight is 246 g/mol. The Hall–Kier alpha value is -0.890. The molecule has 0 aromatic carbocycles. The minimum Gasteiger partial charge on any atom is -0.315 e. The van der Waals surface area contributed by atoms with Crippen molar-refractivity contribution in [3.05, 3.63) is 29.6 Å². The number of aromatic nitrogens is 1. The Morgan fingerprint density at radius 2 is 2.22 bits per heavy atom. The van der Waals surface area contributed by atoms with E-state index >= 15 is 0 Å². The molecule has 100 valence electrons. The van der Waals surface area contributed by atoms with Gasteiger partial charge < -0.3 is 5.32 Å². The van der Waals surface area contributed by atoms with Gasteiger partial charge in [-0.15, -0.1) is 0 Å². The van der Waals surface area contributed by atoms with Crippen molar-refractivity contribution >= 4 is 0 Å². The lowest BCUT2D eigenvalue weighted by Crippen LogP contribution is -2.27. The van der Waals surface area contributed by atoms with E-state index in [9.17, 15) is 0 Å². The Morgan fingerprint density at radius 1 is 1.39 bits per heavy atom. The van der Waals surface area contributed by atoms with Crippen LogP contribution < -0.4 is 5.32 Å². The third kappa shape index (κ3) is 3.32. The summed E-state index contributed by atoms with van der Waals surface area (Å²) < 4.78 is 0. The van der Waals surface area contributed by atoms with E-state index in [2.05, 4.69) is 43.2 Å². The number of hydrogen-bond acceptors (Lipinski definition) is 2. The smallest absolute Gasteiger partial charge is 0.0469 e. The molecular weight excluding hydrogens is 220 g/mol. The summed E-state index contributed by atoms with van der Waals surface area (Å²) in [4.78, 5) is 4.64. The summed E-state index contributed by atoms with van der Waals surface area (Å²) in [5.74, 6) is 1.40. The standard InChI is InChI=1S/C16H26N2/c1-12(2)17-11-9-13(3)15-8-4-6-14-7-5-10-18-16(14)15/h5,7,10,12-13,15,17H,4,6,8-9,11H2,1-3H3. The second kappa shape index (κ2) is 6.33. The van der Waals surface area contributed by atoms with E-state index < -0.39 is 0 Å². The summed E-state index contributed by atoms with van der Waals surface area (Å²) in [6, 6.07) is 4.92. The van der Waals surface area contributed by atoms with Gasteiger partial charge in [-0.3, -0.25) is 4.98 Å². The van der Waals surface area contributed by atoms with Crippen LogP contribution in [0.5, 0.6) is 0 Å². The van der Waals surface area contributed by atoms with Crippen molar-refractivity contribution in [3.63, 3.8) is 0 Å². The first-order valence-corrected chi connectivity index (χ1v) is 7.35. The molecule has 2 unspecified atom stereocenters. The Kier molecular flexibility index (Phi) is 4.76. The van der Waals surface area contributed by atoms with Gasteiger partial charge in [0, 0.05) is 23.9 Å². The summed E-state index contributed by atoms with van der Waals surface area (Å²) in [5, 5.41) is 3.52. The Labute approximate surface area is 111 Å². The first-order valence-electron chi connectivity index (χ1n) is 7.35. The monoisotopic (exact) mass is 246 g/mol. The van der Waals surface area contributed by atoms with E-state index in [0.717, 1.165) is 12.5 Å². The van der Waals surface area contributed by atoms with E-state index in [4.69, 9.17) is 0 Å². The van der Waals surface area contributed by atoms with Gasteiger partial charge in [-0.1, -0.05) is 26.8 Å². The molecule has 1 N–H and O–H groups in total. The van der Waals surface area contributed by atoms with Crippen molar-refractivity contribution in [1.29, 1.82) is 0 Å². The van der Waals surface area contributed by atoms with Crippen LogP contribution in [-0.2, 0) is 6.42 Å². The van der Waals surface area contributed by atoms with Crippen LogP contribution in [0.3, 0.4) is 0 Å². The van der Waals surface area contributed by atoms with Gasteiger partial charge in [0.15, 0.2) is 0 Å². The van der Waals surface area contributed by atoms with E-state index in [0.29, 0.717) is 12.0 Å². The molecule has 2 heteroatoms. The highest BCUT2D eigenvalue weighted by molar-refractivity contribution is 5.26. The molecule has 1 heterocycles. The number of hydrogen-bond donors (Lipinski definition) is 1. The van der Waals surface area contributed by atoms with Crippen molar-refractivity contribution in [2.24, 2.45) is 5.92 Å². The number of nitrogens with one attached hydrogen (secondary N) is 1. The van der Waals surface area contributed by atoms with Gasteiger partial charge in [0.25, 0.3) is 0 Å². The van der Waals surface area contributed by atoms with Crippen molar-refractivity contribution in [1.82, 2.24) is 10.3 Å². The fraction of sp³-hybridized carbons (Fsp3) is 0.688. The largest absolute Gasteiger partial charge is 0.315 e. The number of aryl methyl sites for hydroxylation is 1. The van der Waals surface area contributed by atoms with Crippen LogP contribution in [0.4, 0.5) is 0 Å². The zero-order chi connectivity index (χ0) is 13.0. The molecule has 0 saturated heterocycles. The molecule has 0 fully saturated rings. The molecule has 0 spiro atoms. The van der Waals surface area contributed by atoms with Crippen molar-refractivity contribution in [2.75, 3.05) is 6.54 Å². The molecule has 1 aromatic heterocycles. The Morgan fingerprint density at radius 3 is 3.00 bits per heavy atom. The van der Waals surface area contributed by atoms with Gasteiger partial charge in [-0.05, 0) is 49.8 Å². The number of pyridine rings is 1. The second-order valence-electron chi connectivity index (χ2n) is 5.92. The molecule has 0 saturated carbocycles. The second-order valence-corrected chi connectivity index (χ2v) is 5.92. The predicted octanol–water partition coefficient (Wildman–Crippen LogP) is 3.53. The van der Waals surface area contributed by atoms with Crippen LogP contribution in [0.15, 0.2) is 18.3 Å². The molecule has 0 radical (unpaired) electrons. The maximum Gasteiger partial charge on any atom is 0.0469 e. The first-order chi connectivity index (χ1) is 8.68. The summed E-state index contributed by atoms with van der Waals surface area (Å²) >= 11 is 0. The molecule has 0 aliphatic heterocycles. The van der Waals surface area contributed by atoms with Gasteiger partial charge in [0.2, 0.25) is 0 Å². The maximum atomic E-state index is 4.64. The maximum absolute atomic E-state index is 4.64. The molecule has 1 aliphatic carbocycles. The van der Waals surface area contributed by atoms with E-state index in [1.165, 1.54) is 36.9 Å². The number of rotatable bonds is 5. The summed E-state index contributed by atoms with van der Waals surface area (Å²) in [6.07, 6.45) is 7.06. The normalized spacial score (nSPS) is 20.8. The number of fused-ring (bicyclic) bond motifs is 1. The van der Waals surface area contributed by atoms with E-state index in [1.54, 1.807) is 0 Å². The third-order valence-corrected chi connectivity index (χ3v) is 4.08. The minimum absolute atomic E-state index is 0.592. The number of nitrogens with zero attached hydrogens (tertiary/aromatic N) is 1.